The fourth-order valence-corrected chi connectivity index (χ4v) is 2.48. The van der Waals surface area contributed by atoms with Crippen molar-refractivity contribution < 1.29 is 9.53 Å². The Morgan fingerprint density at radius 1 is 1.38 bits per heavy atom. The van der Waals surface area contributed by atoms with Gasteiger partial charge in [0.05, 0.1) is 12.0 Å². The molecule has 0 aromatic heterocycles. The van der Waals surface area contributed by atoms with E-state index in [1.807, 2.05) is 20.8 Å². The zero-order chi connectivity index (χ0) is 12.2. The van der Waals surface area contributed by atoms with Crippen molar-refractivity contribution in [1.82, 2.24) is 0 Å². The van der Waals surface area contributed by atoms with Gasteiger partial charge in [-0.3, -0.25) is 4.79 Å². The summed E-state index contributed by atoms with van der Waals surface area (Å²) in [5, 5.41) is 0. The molecule has 0 fully saturated rings. The summed E-state index contributed by atoms with van der Waals surface area (Å²) < 4.78 is 5.29. The molecule has 0 bridgehead atoms. The van der Waals surface area contributed by atoms with Gasteiger partial charge >= 0.3 is 0 Å². The number of carbonyl (C=O) groups excluding carboxylic acids is 1. The minimum atomic E-state index is -0.483. The Hall–Kier alpha value is -0.890. The summed E-state index contributed by atoms with van der Waals surface area (Å²) in [7, 11) is 1.66. The van der Waals surface area contributed by atoms with Crippen LogP contribution in [0.3, 0.4) is 0 Å². The Kier molecular flexibility index (Phi) is 4.48. The minimum absolute atomic E-state index is 0.291. The van der Waals surface area contributed by atoms with Crippen molar-refractivity contribution in [2.24, 2.45) is 5.41 Å². The van der Waals surface area contributed by atoms with Crippen molar-refractivity contribution in [1.29, 1.82) is 0 Å². The van der Waals surface area contributed by atoms with E-state index in [2.05, 4.69) is 12.2 Å². The Morgan fingerprint density at radius 3 is 2.38 bits per heavy atom. The highest BCUT2D eigenvalue weighted by Crippen LogP contribution is 2.41. The van der Waals surface area contributed by atoms with Crippen LogP contribution in [0.5, 0.6) is 0 Å². The van der Waals surface area contributed by atoms with Crippen LogP contribution in [0.15, 0.2) is 23.3 Å². The largest absolute Gasteiger partial charge is 0.383 e. The van der Waals surface area contributed by atoms with Gasteiger partial charge in [0.15, 0.2) is 0 Å². The van der Waals surface area contributed by atoms with Crippen LogP contribution in [-0.2, 0) is 9.53 Å². The quantitative estimate of drug-likeness (QED) is 0.667. The standard InChI is InChI=1S/C14H22O2/c1-5-7-13(15)14(10-16-4)11(2)8-6-9-12(14)3/h8-9H,5-7,10H2,1-4H3. The molecule has 0 aliphatic heterocycles. The van der Waals surface area contributed by atoms with Gasteiger partial charge in [-0.15, -0.1) is 0 Å². The fourth-order valence-electron chi connectivity index (χ4n) is 2.48. The van der Waals surface area contributed by atoms with E-state index in [-0.39, 0.29) is 0 Å². The molecule has 0 aromatic rings. The van der Waals surface area contributed by atoms with E-state index >= 15 is 0 Å². The van der Waals surface area contributed by atoms with Gasteiger partial charge in [-0.2, -0.15) is 0 Å². The van der Waals surface area contributed by atoms with Gasteiger partial charge in [-0.05, 0) is 26.7 Å². The van der Waals surface area contributed by atoms with E-state index in [0.717, 1.165) is 24.0 Å². The third-order valence-electron chi connectivity index (χ3n) is 3.51. The number of Topliss-reactive ketones (excluding diaryl/α,β-unsaturated/α-hetero) is 1. The molecule has 0 radical (unpaired) electrons. The van der Waals surface area contributed by atoms with Crippen LogP contribution in [0.4, 0.5) is 0 Å². The normalized spacial score (nSPS) is 19.0. The number of carbonyl (C=O) groups is 1. The summed E-state index contributed by atoms with van der Waals surface area (Å²) in [5.41, 5.74) is 1.81. The van der Waals surface area contributed by atoms with Crippen LogP contribution in [0.2, 0.25) is 0 Å². The van der Waals surface area contributed by atoms with Crippen molar-refractivity contribution in [2.75, 3.05) is 13.7 Å². The lowest BCUT2D eigenvalue weighted by molar-refractivity contribution is -0.127. The summed E-state index contributed by atoms with van der Waals surface area (Å²) in [4.78, 5) is 12.4. The van der Waals surface area contributed by atoms with Crippen LogP contribution in [0, 0.1) is 5.41 Å². The first-order valence-electron chi connectivity index (χ1n) is 5.96. The molecule has 2 nitrogen and oxygen atoms in total. The number of allylic oxidation sites excluding steroid dienone is 2. The molecular weight excluding hydrogens is 200 g/mol. The first-order valence-corrected chi connectivity index (χ1v) is 5.96. The second-order valence-corrected chi connectivity index (χ2v) is 4.52. The second kappa shape index (κ2) is 5.44. The summed E-state index contributed by atoms with van der Waals surface area (Å²) >= 11 is 0. The lowest BCUT2D eigenvalue weighted by atomic mass is 9.68. The number of ether oxygens (including phenoxy) is 1. The van der Waals surface area contributed by atoms with Crippen molar-refractivity contribution >= 4 is 5.78 Å². The van der Waals surface area contributed by atoms with Crippen molar-refractivity contribution in [3.8, 4) is 0 Å². The molecule has 90 valence electrons. The van der Waals surface area contributed by atoms with Crippen molar-refractivity contribution in [2.45, 2.75) is 40.0 Å². The first kappa shape index (κ1) is 13.2. The van der Waals surface area contributed by atoms with Crippen LogP contribution in [-0.4, -0.2) is 19.5 Å². The Balaban J connectivity index is 3.11. The lowest BCUT2D eigenvalue weighted by Crippen LogP contribution is -2.39. The summed E-state index contributed by atoms with van der Waals surface area (Å²) in [6.45, 7) is 6.60. The molecule has 0 saturated carbocycles. The Bertz CT molecular complexity index is 306. The molecule has 1 aliphatic rings. The fraction of sp³-hybridized carbons (Fsp3) is 0.643. The highest BCUT2D eigenvalue weighted by molar-refractivity contribution is 5.91. The zero-order valence-electron chi connectivity index (χ0n) is 10.8. The topological polar surface area (TPSA) is 26.3 Å². The molecule has 1 rings (SSSR count). The molecule has 0 saturated heterocycles. The number of methoxy groups -OCH3 is 1. The molecule has 0 N–H and O–H groups in total. The molecule has 0 atom stereocenters. The Labute approximate surface area is 98.4 Å². The maximum absolute atomic E-state index is 12.4. The van der Waals surface area contributed by atoms with Crippen LogP contribution in [0.25, 0.3) is 0 Å². The van der Waals surface area contributed by atoms with E-state index in [1.165, 1.54) is 0 Å². The molecule has 0 aromatic carbocycles. The van der Waals surface area contributed by atoms with Gasteiger partial charge in [0.1, 0.15) is 5.78 Å². The SMILES string of the molecule is CCCC(=O)C1(COC)C(C)=CCC=C1C. The average molecular weight is 222 g/mol. The maximum atomic E-state index is 12.4. The molecular formula is C14H22O2. The molecule has 0 heterocycles. The van der Waals surface area contributed by atoms with Crippen molar-refractivity contribution in [3.63, 3.8) is 0 Å². The molecule has 0 spiro atoms. The van der Waals surface area contributed by atoms with Crippen LogP contribution in [0.1, 0.15) is 40.0 Å². The number of rotatable bonds is 5. The second-order valence-electron chi connectivity index (χ2n) is 4.52. The zero-order valence-corrected chi connectivity index (χ0v) is 10.8. The molecule has 1 aliphatic carbocycles. The van der Waals surface area contributed by atoms with E-state index < -0.39 is 5.41 Å². The van der Waals surface area contributed by atoms with Gasteiger partial charge in [-0.25, -0.2) is 0 Å². The third kappa shape index (κ3) is 2.12. The van der Waals surface area contributed by atoms with Crippen LogP contribution < -0.4 is 0 Å². The molecule has 2 heteroatoms. The average Bonchev–Trinajstić information content (AvgIpc) is 2.24. The van der Waals surface area contributed by atoms with E-state index in [9.17, 15) is 4.79 Å². The van der Waals surface area contributed by atoms with E-state index in [0.29, 0.717) is 18.8 Å². The Morgan fingerprint density at radius 2 is 1.94 bits per heavy atom. The first-order chi connectivity index (χ1) is 7.59. The number of hydrogen-bond acceptors (Lipinski definition) is 2. The molecule has 0 amide bonds. The number of ketones is 1. The minimum Gasteiger partial charge on any atom is -0.383 e. The van der Waals surface area contributed by atoms with Gasteiger partial charge in [0, 0.05) is 13.5 Å². The summed E-state index contributed by atoms with van der Waals surface area (Å²) in [5.74, 6) is 0.291. The van der Waals surface area contributed by atoms with Gasteiger partial charge in [-0.1, -0.05) is 30.2 Å². The van der Waals surface area contributed by atoms with Crippen LogP contribution >= 0.6 is 0 Å². The predicted molar refractivity (Wildman–Crippen MR) is 66.4 cm³/mol. The summed E-state index contributed by atoms with van der Waals surface area (Å²) in [6.07, 6.45) is 6.73. The monoisotopic (exact) mass is 222 g/mol. The predicted octanol–water partition coefficient (Wildman–Crippen LogP) is 3.28. The summed E-state index contributed by atoms with van der Waals surface area (Å²) in [6, 6.07) is 0. The van der Waals surface area contributed by atoms with Gasteiger partial charge < -0.3 is 4.74 Å². The number of hydrogen-bond donors (Lipinski definition) is 0. The third-order valence-corrected chi connectivity index (χ3v) is 3.51. The molecule has 16 heavy (non-hydrogen) atoms. The van der Waals surface area contributed by atoms with E-state index in [4.69, 9.17) is 4.74 Å². The van der Waals surface area contributed by atoms with Gasteiger partial charge in [0.2, 0.25) is 0 Å². The highest BCUT2D eigenvalue weighted by atomic mass is 16.5. The van der Waals surface area contributed by atoms with E-state index in [1.54, 1.807) is 7.11 Å². The maximum Gasteiger partial charge on any atom is 0.149 e. The lowest BCUT2D eigenvalue weighted by Gasteiger charge is -2.36. The highest BCUT2D eigenvalue weighted by Gasteiger charge is 2.41. The van der Waals surface area contributed by atoms with Gasteiger partial charge in [0.25, 0.3) is 0 Å². The smallest absolute Gasteiger partial charge is 0.149 e. The van der Waals surface area contributed by atoms with Crippen molar-refractivity contribution in [3.05, 3.63) is 23.3 Å². The molecule has 0 unspecified atom stereocenters.